The van der Waals surface area contributed by atoms with Crippen LogP contribution in [-0.2, 0) is 4.79 Å². The van der Waals surface area contributed by atoms with Crippen molar-refractivity contribution in [3.8, 4) is 0 Å². The molecule has 0 bridgehead atoms. The number of nitrogens with zero attached hydrogens (tertiary/aromatic N) is 1. The number of aryl methyl sites for hydroxylation is 1. The summed E-state index contributed by atoms with van der Waals surface area (Å²) in [5.74, 6) is 0.140. The van der Waals surface area contributed by atoms with E-state index < -0.39 is 0 Å². The smallest absolute Gasteiger partial charge is 0.225 e. The molecule has 0 saturated heterocycles. The van der Waals surface area contributed by atoms with Gasteiger partial charge in [-0.1, -0.05) is 11.6 Å². The molecule has 76 valence electrons. The molecule has 1 aromatic rings. The average Bonchev–Trinajstić information content (AvgIpc) is 2.12. The predicted octanol–water partition coefficient (Wildman–Crippen LogP) is 2.61. The Morgan fingerprint density at radius 2 is 2.36 bits per heavy atom. The maximum absolute atomic E-state index is 11.2. The van der Waals surface area contributed by atoms with Crippen molar-refractivity contribution in [2.24, 2.45) is 0 Å². The standard InChI is InChI=1S/C9H10Cl2N2O/c1-6-3-5-12-9(11)8(6)13-7(14)2-4-10/h3,5H,2,4H2,1H3,(H,13,14). The molecule has 0 aliphatic heterocycles. The molecule has 3 nitrogen and oxygen atoms in total. The molecule has 1 N–H and O–H groups in total. The third-order valence-electron chi connectivity index (χ3n) is 1.70. The van der Waals surface area contributed by atoms with Gasteiger partial charge in [0.1, 0.15) is 0 Å². The number of carbonyl (C=O) groups is 1. The minimum Gasteiger partial charge on any atom is -0.323 e. The summed E-state index contributed by atoms with van der Waals surface area (Å²) in [7, 11) is 0. The first-order valence-electron chi connectivity index (χ1n) is 4.12. The van der Waals surface area contributed by atoms with E-state index in [0.29, 0.717) is 16.7 Å². The quantitative estimate of drug-likeness (QED) is 0.644. The van der Waals surface area contributed by atoms with Crippen LogP contribution in [0.1, 0.15) is 12.0 Å². The van der Waals surface area contributed by atoms with E-state index >= 15 is 0 Å². The summed E-state index contributed by atoms with van der Waals surface area (Å²) in [6.45, 7) is 1.85. The number of alkyl halides is 1. The van der Waals surface area contributed by atoms with Crippen LogP contribution in [0.2, 0.25) is 5.15 Å². The summed E-state index contributed by atoms with van der Waals surface area (Å²) in [5.41, 5.74) is 1.44. The van der Waals surface area contributed by atoms with Crippen LogP contribution in [0.4, 0.5) is 5.69 Å². The topological polar surface area (TPSA) is 42.0 Å². The second-order valence-electron chi connectivity index (χ2n) is 2.78. The SMILES string of the molecule is Cc1ccnc(Cl)c1NC(=O)CCCl. The van der Waals surface area contributed by atoms with Crippen molar-refractivity contribution in [2.75, 3.05) is 11.2 Å². The molecule has 1 amide bonds. The van der Waals surface area contributed by atoms with Crippen molar-refractivity contribution in [2.45, 2.75) is 13.3 Å². The molecular formula is C9H10Cl2N2O. The lowest BCUT2D eigenvalue weighted by Crippen LogP contribution is -2.13. The molecule has 1 rings (SSSR count). The van der Waals surface area contributed by atoms with Crippen molar-refractivity contribution in [1.82, 2.24) is 4.98 Å². The van der Waals surface area contributed by atoms with Gasteiger partial charge in [-0.3, -0.25) is 4.79 Å². The molecule has 0 radical (unpaired) electrons. The summed E-state index contributed by atoms with van der Waals surface area (Å²) in [6, 6.07) is 1.78. The summed E-state index contributed by atoms with van der Waals surface area (Å²) >= 11 is 11.2. The number of amides is 1. The third-order valence-corrected chi connectivity index (χ3v) is 2.17. The van der Waals surface area contributed by atoms with Gasteiger partial charge in [0.15, 0.2) is 5.15 Å². The second-order valence-corrected chi connectivity index (χ2v) is 3.52. The van der Waals surface area contributed by atoms with E-state index in [9.17, 15) is 4.79 Å². The van der Waals surface area contributed by atoms with Gasteiger partial charge in [-0.2, -0.15) is 0 Å². The lowest BCUT2D eigenvalue weighted by Gasteiger charge is -2.08. The molecule has 0 aliphatic rings. The van der Waals surface area contributed by atoms with E-state index in [2.05, 4.69) is 10.3 Å². The van der Waals surface area contributed by atoms with Crippen LogP contribution in [0.25, 0.3) is 0 Å². The van der Waals surface area contributed by atoms with Crippen molar-refractivity contribution < 1.29 is 4.79 Å². The number of hydrogen-bond acceptors (Lipinski definition) is 2. The minimum absolute atomic E-state index is 0.155. The lowest BCUT2D eigenvalue weighted by atomic mass is 10.2. The maximum Gasteiger partial charge on any atom is 0.225 e. The Balaban J connectivity index is 2.80. The van der Waals surface area contributed by atoms with E-state index in [1.807, 2.05) is 6.92 Å². The van der Waals surface area contributed by atoms with Crippen LogP contribution in [0, 0.1) is 6.92 Å². The molecule has 0 atom stereocenters. The highest BCUT2D eigenvalue weighted by atomic mass is 35.5. The van der Waals surface area contributed by atoms with Crippen LogP contribution < -0.4 is 5.32 Å². The number of aromatic nitrogens is 1. The van der Waals surface area contributed by atoms with Crippen molar-refractivity contribution >= 4 is 34.8 Å². The highest BCUT2D eigenvalue weighted by molar-refractivity contribution is 6.32. The van der Waals surface area contributed by atoms with Gasteiger partial charge < -0.3 is 5.32 Å². The molecule has 0 unspecified atom stereocenters. The van der Waals surface area contributed by atoms with Gasteiger partial charge >= 0.3 is 0 Å². The zero-order chi connectivity index (χ0) is 10.6. The average molecular weight is 233 g/mol. The van der Waals surface area contributed by atoms with Crippen LogP contribution in [-0.4, -0.2) is 16.8 Å². The van der Waals surface area contributed by atoms with Crippen LogP contribution >= 0.6 is 23.2 Å². The van der Waals surface area contributed by atoms with Crippen molar-refractivity contribution in [1.29, 1.82) is 0 Å². The van der Waals surface area contributed by atoms with Crippen molar-refractivity contribution in [3.05, 3.63) is 23.0 Å². The number of pyridine rings is 1. The van der Waals surface area contributed by atoms with Gasteiger partial charge in [-0.05, 0) is 18.6 Å². The van der Waals surface area contributed by atoms with Crippen LogP contribution in [0.15, 0.2) is 12.3 Å². The van der Waals surface area contributed by atoms with Gasteiger partial charge in [-0.15, -0.1) is 11.6 Å². The van der Waals surface area contributed by atoms with Crippen LogP contribution in [0.3, 0.4) is 0 Å². The molecule has 0 spiro atoms. The van der Waals surface area contributed by atoms with E-state index in [1.165, 1.54) is 0 Å². The first-order chi connectivity index (χ1) is 6.65. The Morgan fingerprint density at radius 3 is 2.93 bits per heavy atom. The van der Waals surface area contributed by atoms with Crippen LogP contribution in [0.5, 0.6) is 0 Å². The Hall–Kier alpha value is -0.800. The van der Waals surface area contributed by atoms with Gasteiger partial charge in [0.25, 0.3) is 0 Å². The fourth-order valence-electron chi connectivity index (χ4n) is 0.963. The number of anilines is 1. The second kappa shape index (κ2) is 5.17. The fourth-order valence-corrected chi connectivity index (χ4v) is 1.39. The Kier molecular flexibility index (Phi) is 4.17. The van der Waals surface area contributed by atoms with Gasteiger partial charge in [0.2, 0.25) is 5.91 Å². The number of hydrogen-bond donors (Lipinski definition) is 1. The molecule has 14 heavy (non-hydrogen) atoms. The van der Waals surface area contributed by atoms with E-state index in [1.54, 1.807) is 12.3 Å². The Labute approximate surface area is 92.4 Å². The summed E-state index contributed by atoms with van der Waals surface area (Å²) in [6.07, 6.45) is 1.86. The monoisotopic (exact) mass is 232 g/mol. The molecular weight excluding hydrogens is 223 g/mol. The first kappa shape index (κ1) is 11.3. The fraction of sp³-hybridized carbons (Fsp3) is 0.333. The molecule has 0 aliphatic carbocycles. The number of nitrogens with one attached hydrogen (secondary N) is 1. The van der Waals surface area contributed by atoms with E-state index in [4.69, 9.17) is 23.2 Å². The highest BCUT2D eigenvalue weighted by Crippen LogP contribution is 2.22. The summed E-state index contributed by atoms with van der Waals surface area (Å²) < 4.78 is 0. The Bertz CT molecular complexity index is 321. The third kappa shape index (κ3) is 2.86. The zero-order valence-electron chi connectivity index (χ0n) is 7.68. The number of rotatable bonds is 3. The Morgan fingerprint density at radius 1 is 1.64 bits per heavy atom. The minimum atomic E-state index is -0.155. The molecule has 5 heteroatoms. The van der Waals surface area contributed by atoms with Gasteiger partial charge in [0, 0.05) is 18.5 Å². The molecule has 0 saturated carbocycles. The lowest BCUT2D eigenvalue weighted by molar-refractivity contribution is -0.115. The van der Waals surface area contributed by atoms with E-state index in [0.717, 1.165) is 5.56 Å². The predicted molar refractivity (Wildman–Crippen MR) is 58.0 cm³/mol. The molecule has 0 aromatic carbocycles. The highest BCUT2D eigenvalue weighted by Gasteiger charge is 2.08. The molecule has 1 heterocycles. The van der Waals surface area contributed by atoms with Gasteiger partial charge in [0.05, 0.1) is 5.69 Å². The summed E-state index contributed by atoms with van der Waals surface area (Å²) in [5, 5.41) is 2.96. The number of carbonyl (C=O) groups excluding carboxylic acids is 1. The first-order valence-corrected chi connectivity index (χ1v) is 5.03. The summed E-state index contributed by atoms with van der Waals surface area (Å²) in [4.78, 5) is 15.1. The van der Waals surface area contributed by atoms with Crippen molar-refractivity contribution in [3.63, 3.8) is 0 Å². The maximum atomic E-state index is 11.2. The van der Waals surface area contributed by atoms with Gasteiger partial charge in [-0.25, -0.2) is 4.98 Å². The molecule has 0 fully saturated rings. The van der Waals surface area contributed by atoms with E-state index in [-0.39, 0.29) is 12.3 Å². The zero-order valence-corrected chi connectivity index (χ0v) is 9.19. The normalized spacial score (nSPS) is 9.93. The molecule has 1 aromatic heterocycles. The number of halogens is 2. The largest absolute Gasteiger partial charge is 0.323 e.